The van der Waals surface area contributed by atoms with Crippen molar-refractivity contribution in [3.05, 3.63) is 47.5 Å². The number of aromatic nitrogens is 2. The molecule has 0 radical (unpaired) electrons. The number of aromatic amines is 1. The minimum absolute atomic E-state index is 0.0258. The number of sulfonamides is 1. The number of nitrogens with zero attached hydrogens (tertiary/aromatic N) is 1. The molecule has 1 aromatic carbocycles. The topological polar surface area (TPSA) is 95.1 Å². The highest BCUT2D eigenvalue weighted by Crippen LogP contribution is 2.14. The maximum atomic E-state index is 13.7. The predicted octanol–water partition coefficient (Wildman–Crippen LogP) is 0.371. The van der Waals surface area contributed by atoms with Crippen LogP contribution in [0, 0.1) is 17.7 Å². The van der Waals surface area contributed by atoms with Crippen molar-refractivity contribution in [2.24, 2.45) is 0 Å². The number of H-pyrrole nitrogens is 1. The van der Waals surface area contributed by atoms with Crippen LogP contribution in [0.1, 0.15) is 11.1 Å². The zero-order valence-corrected chi connectivity index (χ0v) is 11.6. The van der Waals surface area contributed by atoms with Gasteiger partial charge >= 0.3 is 0 Å². The molecule has 0 aliphatic rings. The van der Waals surface area contributed by atoms with Gasteiger partial charge in [0.2, 0.25) is 10.0 Å². The normalized spacial score (nSPS) is 11.0. The quantitative estimate of drug-likeness (QED) is 0.711. The van der Waals surface area contributed by atoms with Gasteiger partial charge in [0.05, 0.1) is 16.7 Å². The SMILES string of the molecule is O=S(=O)(NCc1cn[nH]c1)c1ccc(C#CCO)c(F)c1. The zero-order valence-electron chi connectivity index (χ0n) is 10.8. The van der Waals surface area contributed by atoms with Crippen LogP contribution in [0.5, 0.6) is 0 Å². The Labute approximate surface area is 121 Å². The monoisotopic (exact) mass is 309 g/mol. The van der Waals surface area contributed by atoms with Crippen molar-refractivity contribution in [2.75, 3.05) is 6.61 Å². The number of rotatable bonds is 4. The first-order chi connectivity index (χ1) is 10.0. The van der Waals surface area contributed by atoms with Crippen LogP contribution in [-0.4, -0.2) is 30.3 Å². The minimum Gasteiger partial charge on any atom is -0.384 e. The van der Waals surface area contributed by atoms with Gasteiger partial charge in [-0.25, -0.2) is 17.5 Å². The van der Waals surface area contributed by atoms with E-state index < -0.39 is 22.4 Å². The van der Waals surface area contributed by atoms with Gasteiger partial charge < -0.3 is 5.11 Å². The van der Waals surface area contributed by atoms with Gasteiger partial charge in [0, 0.05) is 18.3 Å². The van der Waals surface area contributed by atoms with Gasteiger partial charge in [0.25, 0.3) is 0 Å². The number of nitrogens with one attached hydrogen (secondary N) is 2. The molecule has 0 fully saturated rings. The van der Waals surface area contributed by atoms with E-state index in [9.17, 15) is 12.8 Å². The number of aliphatic hydroxyl groups is 1. The van der Waals surface area contributed by atoms with Gasteiger partial charge in [-0.1, -0.05) is 11.8 Å². The second kappa shape index (κ2) is 6.49. The minimum atomic E-state index is -3.83. The molecule has 0 bridgehead atoms. The molecule has 6 nitrogen and oxygen atoms in total. The molecule has 110 valence electrons. The number of hydrogen-bond acceptors (Lipinski definition) is 4. The van der Waals surface area contributed by atoms with Crippen LogP contribution in [0.3, 0.4) is 0 Å². The molecule has 0 saturated carbocycles. The summed E-state index contributed by atoms with van der Waals surface area (Å²) in [6, 6.07) is 3.39. The van der Waals surface area contributed by atoms with Crippen molar-refractivity contribution in [3.63, 3.8) is 0 Å². The van der Waals surface area contributed by atoms with Crippen molar-refractivity contribution in [2.45, 2.75) is 11.4 Å². The summed E-state index contributed by atoms with van der Waals surface area (Å²) in [5, 5.41) is 14.8. The van der Waals surface area contributed by atoms with Crippen molar-refractivity contribution in [1.82, 2.24) is 14.9 Å². The Kier molecular flexibility index (Phi) is 4.70. The number of hydrogen-bond donors (Lipinski definition) is 3. The largest absolute Gasteiger partial charge is 0.384 e. The molecular weight excluding hydrogens is 297 g/mol. The Morgan fingerprint density at radius 3 is 2.86 bits per heavy atom. The van der Waals surface area contributed by atoms with Gasteiger partial charge in [-0.05, 0) is 18.2 Å². The summed E-state index contributed by atoms with van der Waals surface area (Å²) in [5.41, 5.74) is 0.683. The Bertz CT molecular complexity index is 777. The lowest BCUT2D eigenvalue weighted by Crippen LogP contribution is -2.23. The molecule has 0 amide bonds. The van der Waals surface area contributed by atoms with Gasteiger partial charge in [-0.3, -0.25) is 5.10 Å². The molecule has 2 rings (SSSR count). The highest BCUT2D eigenvalue weighted by atomic mass is 32.2. The van der Waals surface area contributed by atoms with Gasteiger partial charge in [0.15, 0.2) is 0 Å². The van der Waals surface area contributed by atoms with Crippen LogP contribution in [0.15, 0.2) is 35.5 Å². The molecule has 1 aromatic heterocycles. The molecule has 8 heteroatoms. The molecule has 21 heavy (non-hydrogen) atoms. The maximum Gasteiger partial charge on any atom is 0.240 e. The fourth-order valence-electron chi connectivity index (χ4n) is 1.54. The van der Waals surface area contributed by atoms with E-state index >= 15 is 0 Å². The average molecular weight is 309 g/mol. The summed E-state index contributed by atoms with van der Waals surface area (Å²) in [6.07, 6.45) is 3.04. The first-order valence-electron chi connectivity index (χ1n) is 5.89. The third-order valence-corrected chi connectivity index (χ3v) is 3.97. The lowest BCUT2D eigenvalue weighted by atomic mass is 10.2. The molecule has 0 aliphatic carbocycles. The van der Waals surface area contributed by atoms with Crippen LogP contribution in [0.4, 0.5) is 4.39 Å². The predicted molar refractivity (Wildman–Crippen MR) is 73.0 cm³/mol. The molecule has 0 aliphatic heterocycles. The van der Waals surface area contributed by atoms with Crippen molar-refractivity contribution >= 4 is 10.0 Å². The molecular formula is C13H12FN3O3S. The van der Waals surface area contributed by atoms with Crippen LogP contribution >= 0.6 is 0 Å². The Morgan fingerprint density at radius 1 is 1.43 bits per heavy atom. The van der Waals surface area contributed by atoms with Crippen molar-refractivity contribution < 1.29 is 17.9 Å². The summed E-state index contributed by atoms with van der Waals surface area (Å²) in [5.74, 6) is 3.93. The number of aliphatic hydroxyl groups excluding tert-OH is 1. The van der Waals surface area contributed by atoms with Gasteiger partial charge in [-0.15, -0.1) is 0 Å². The molecule has 0 unspecified atom stereocenters. The Hall–Kier alpha value is -2.21. The van der Waals surface area contributed by atoms with Gasteiger partial charge in [-0.2, -0.15) is 5.10 Å². The summed E-state index contributed by atoms with van der Waals surface area (Å²) >= 11 is 0. The van der Waals surface area contributed by atoms with E-state index in [1.807, 2.05) is 0 Å². The van der Waals surface area contributed by atoms with E-state index in [1.54, 1.807) is 6.20 Å². The van der Waals surface area contributed by atoms with E-state index in [0.717, 1.165) is 6.07 Å². The summed E-state index contributed by atoms with van der Waals surface area (Å²) < 4.78 is 40.1. The molecule has 0 atom stereocenters. The van der Waals surface area contributed by atoms with E-state index in [4.69, 9.17) is 5.11 Å². The smallest absolute Gasteiger partial charge is 0.240 e. The summed E-state index contributed by atoms with van der Waals surface area (Å²) in [6.45, 7) is -0.349. The van der Waals surface area contributed by atoms with E-state index in [2.05, 4.69) is 26.8 Å². The van der Waals surface area contributed by atoms with Crippen molar-refractivity contribution in [1.29, 1.82) is 0 Å². The maximum absolute atomic E-state index is 13.7. The van der Waals surface area contributed by atoms with Crippen molar-refractivity contribution in [3.8, 4) is 11.8 Å². The van der Waals surface area contributed by atoms with E-state index in [0.29, 0.717) is 5.56 Å². The first kappa shape index (κ1) is 15.2. The average Bonchev–Trinajstić information content (AvgIpc) is 2.97. The molecule has 2 aromatic rings. The van der Waals surface area contributed by atoms with Crippen LogP contribution in [0.2, 0.25) is 0 Å². The number of benzene rings is 1. The van der Waals surface area contributed by atoms with E-state index in [-0.39, 0.29) is 17.0 Å². The highest BCUT2D eigenvalue weighted by molar-refractivity contribution is 7.89. The van der Waals surface area contributed by atoms with Crippen LogP contribution in [0.25, 0.3) is 0 Å². The summed E-state index contributed by atoms with van der Waals surface area (Å²) in [4.78, 5) is -0.196. The third-order valence-electron chi connectivity index (χ3n) is 2.57. The Morgan fingerprint density at radius 2 is 2.24 bits per heavy atom. The zero-order chi connectivity index (χ0) is 15.3. The molecule has 0 saturated heterocycles. The number of halogens is 1. The lowest BCUT2D eigenvalue weighted by Gasteiger charge is -2.06. The Balaban J connectivity index is 2.18. The lowest BCUT2D eigenvalue weighted by molar-refractivity contribution is 0.350. The third kappa shape index (κ3) is 3.88. The van der Waals surface area contributed by atoms with Gasteiger partial charge in [0.1, 0.15) is 12.4 Å². The standard InChI is InChI=1S/C13H12FN3O3S/c14-13-6-12(4-3-11(13)2-1-5-18)21(19,20)17-9-10-7-15-16-8-10/h3-4,6-8,17-18H,5,9H2,(H,15,16). The molecule has 0 spiro atoms. The fraction of sp³-hybridized carbons (Fsp3) is 0.154. The van der Waals surface area contributed by atoms with Crippen LogP contribution < -0.4 is 4.72 Å². The summed E-state index contributed by atoms with van der Waals surface area (Å²) in [7, 11) is -3.83. The second-order valence-corrected chi connectivity index (χ2v) is 5.80. The molecule has 3 N–H and O–H groups in total. The van der Waals surface area contributed by atoms with Crippen LogP contribution in [-0.2, 0) is 16.6 Å². The molecule has 1 heterocycles. The van der Waals surface area contributed by atoms with E-state index in [1.165, 1.54) is 18.3 Å². The first-order valence-corrected chi connectivity index (χ1v) is 7.38. The second-order valence-electron chi connectivity index (χ2n) is 4.03. The highest BCUT2D eigenvalue weighted by Gasteiger charge is 2.15. The fourth-order valence-corrected chi connectivity index (χ4v) is 2.56.